The Morgan fingerprint density at radius 1 is 0.560 bits per heavy atom. The van der Waals surface area contributed by atoms with E-state index in [4.69, 9.17) is 0 Å². The third-order valence-corrected chi connectivity index (χ3v) is 9.25. The van der Waals surface area contributed by atoms with Crippen molar-refractivity contribution in [2.45, 2.75) is 52.6 Å². The number of fused-ring (bicyclic) bond motifs is 2. The predicted molar refractivity (Wildman–Crippen MR) is 183 cm³/mol. The molecule has 50 heavy (non-hydrogen) atoms. The van der Waals surface area contributed by atoms with Crippen molar-refractivity contribution in [3.63, 3.8) is 0 Å². The summed E-state index contributed by atoms with van der Waals surface area (Å²) in [4.78, 5) is 96.7. The van der Waals surface area contributed by atoms with Crippen molar-refractivity contribution in [2.24, 2.45) is 11.8 Å². The van der Waals surface area contributed by atoms with Crippen molar-refractivity contribution >= 4 is 47.3 Å². The average molecular weight is 674 g/mol. The Balaban J connectivity index is 1.33. The molecule has 2 aliphatic heterocycles. The molecule has 3 aromatic carbocycles. The molecule has 0 saturated carbocycles. The molecule has 13 heteroatoms. The molecule has 3 heterocycles. The number of carbonyl (C=O) groups excluding carboxylic acids is 6. The standard InChI is InChI=1S/C37H35N7O6/c1-5-20(3)27(43-32(47)23-16-10-11-17-24(23)33(43)48)30(45)40-36-38-29(22-14-8-7-9-15-22)39-37(42-36)41-31(46)28(21(4)6-2)44-34(49)25-18-12-13-19-26(25)35(44)50/h7-21,27-28H,5-6H2,1-4H3,(H2,38,39,40,41,42,45,46). The van der Waals surface area contributed by atoms with Crippen LogP contribution in [0.5, 0.6) is 0 Å². The number of nitrogens with zero attached hydrogens (tertiary/aromatic N) is 5. The largest absolute Gasteiger partial charge is 0.293 e. The second kappa shape index (κ2) is 13.8. The van der Waals surface area contributed by atoms with Crippen molar-refractivity contribution in [3.8, 4) is 11.4 Å². The van der Waals surface area contributed by atoms with Crippen molar-refractivity contribution in [1.82, 2.24) is 24.8 Å². The maximum Gasteiger partial charge on any atom is 0.262 e. The van der Waals surface area contributed by atoms with Crippen LogP contribution < -0.4 is 10.6 Å². The minimum Gasteiger partial charge on any atom is -0.293 e. The summed E-state index contributed by atoms with van der Waals surface area (Å²) in [5.74, 6) is -5.01. The molecule has 0 saturated heterocycles. The van der Waals surface area contributed by atoms with Crippen molar-refractivity contribution in [1.29, 1.82) is 0 Å². The van der Waals surface area contributed by atoms with E-state index in [-0.39, 0.29) is 40.0 Å². The maximum atomic E-state index is 14.0. The summed E-state index contributed by atoms with van der Waals surface area (Å²) in [6.45, 7) is 7.21. The Morgan fingerprint density at radius 2 is 0.900 bits per heavy atom. The molecular formula is C37H35N7O6. The molecule has 13 nitrogen and oxygen atoms in total. The molecule has 0 radical (unpaired) electrons. The Labute approximate surface area is 288 Å². The molecule has 0 aliphatic carbocycles. The number of hydrogen-bond donors (Lipinski definition) is 2. The van der Waals surface area contributed by atoms with E-state index in [1.807, 2.05) is 13.8 Å². The van der Waals surface area contributed by atoms with Crippen LogP contribution in [-0.4, -0.2) is 72.3 Å². The first-order chi connectivity index (χ1) is 24.0. The van der Waals surface area contributed by atoms with E-state index < -0.39 is 59.4 Å². The van der Waals surface area contributed by atoms with Crippen LogP contribution in [0.4, 0.5) is 11.9 Å². The molecular weight excluding hydrogens is 638 g/mol. The lowest BCUT2D eigenvalue weighted by atomic mass is 9.96. The number of amides is 6. The van der Waals surface area contributed by atoms with E-state index >= 15 is 0 Å². The number of rotatable bonds is 11. The van der Waals surface area contributed by atoms with Crippen LogP contribution in [0.1, 0.15) is 82.0 Å². The maximum absolute atomic E-state index is 14.0. The summed E-state index contributed by atoms with van der Waals surface area (Å²) in [5, 5.41) is 5.31. The minimum absolute atomic E-state index is 0.104. The Morgan fingerprint density at radius 3 is 1.24 bits per heavy atom. The lowest BCUT2D eigenvalue weighted by Crippen LogP contribution is -2.51. The van der Waals surface area contributed by atoms with E-state index in [0.29, 0.717) is 18.4 Å². The fourth-order valence-electron chi connectivity index (χ4n) is 6.20. The highest BCUT2D eigenvalue weighted by Crippen LogP contribution is 2.31. The quantitative estimate of drug-likeness (QED) is 0.212. The van der Waals surface area contributed by atoms with Gasteiger partial charge in [0.15, 0.2) is 5.82 Å². The molecule has 0 spiro atoms. The van der Waals surface area contributed by atoms with Gasteiger partial charge in [0.05, 0.1) is 22.3 Å². The summed E-state index contributed by atoms with van der Waals surface area (Å²) in [6, 6.07) is 19.2. The van der Waals surface area contributed by atoms with Gasteiger partial charge in [0.1, 0.15) is 12.1 Å². The van der Waals surface area contributed by atoms with Gasteiger partial charge in [-0.2, -0.15) is 15.0 Å². The van der Waals surface area contributed by atoms with Crippen molar-refractivity contribution < 1.29 is 28.8 Å². The van der Waals surface area contributed by atoms with E-state index in [0.717, 1.165) is 9.80 Å². The van der Waals surface area contributed by atoms with Gasteiger partial charge < -0.3 is 0 Å². The molecule has 254 valence electrons. The number of hydrogen-bond acceptors (Lipinski definition) is 9. The lowest BCUT2D eigenvalue weighted by molar-refractivity contribution is -0.122. The monoisotopic (exact) mass is 673 g/mol. The van der Waals surface area contributed by atoms with Gasteiger partial charge in [0, 0.05) is 5.56 Å². The van der Waals surface area contributed by atoms with Crippen LogP contribution in [-0.2, 0) is 9.59 Å². The topological polar surface area (TPSA) is 172 Å². The third kappa shape index (κ3) is 6.02. The van der Waals surface area contributed by atoms with Gasteiger partial charge in [-0.05, 0) is 36.1 Å². The van der Waals surface area contributed by atoms with Crippen molar-refractivity contribution in [3.05, 3.63) is 101 Å². The van der Waals surface area contributed by atoms with Gasteiger partial charge in [-0.1, -0.05) is 95.1 Å². The summed E-state index contributed by atoms with van der Waals surface area (Å²) >= 11 is 0. The Kier molecular flexibility index (Phi) is 9.31. The van der Waals surface area contributed by atoms with E-state index in [2.05, 4.69) is 25.6 Å². The van der Waals surface area contributed by atoms with Gasteiger partial charge in [0.25, 0.3) is 23.6 Å². The molecule has 6 amide bonds. The van der Waals surface area contributed by atoms with Gasteiger partial charge in [-0.15, -0.1) is 0 Å². The lowest BCUT2D eigenvalue weighted by Gasteiger charge is -2.30. The molecule has 0 bridgehead atoms. The van der Waals surface area contributed by atoms with Crippen LogP contribution in [0.25, 0.3) is 11.4 Å². The number of aromatic nitrogens is 3. The summed E-state index contributed by atoms with van der Waals surface area (Å²) < 4.78 is 0. The van der Waals surface area contributed by atoms with Gasteiger partial charge in [-0.25, -0.2) is 0 Å². The minimum atomic E-state index is -1.20. The van der Waals surface area contributed by atoms with Crippen molar-refractivity contribution in [2.75, 3.05) is 10.6 Å². The molecule has 1 aromatic heterocycles. The van der Waals surface area contributed by atoms with Crippen LogP contribution >= 0.6 is 0 Å². The first-order valence-corrected chi connectivity index (χ1v) is 16.4. The zero-order valence-corrected chi connectivity index (χ0v) is 27.9. The normalized spacial score (nSPS) is 16.1. The highest BCUT2D eigenvalue weighted by molar-refractivity contribution is 6.24. The van der Waals surface area contributed by atoms with Gasteiger partial charge in [-0.3, -0.25) is 49.2 Å². The van der Waals surface area contributed by atoms with Crippen LogP contribution in [0, 0.1) is 11.8 Å². The second-order valence-corrected chi connectivity index (χ2v) is 12.4. The average Bonchev–Trinajstić information content (AvgIpc) is 3.52. The molecule has 4 atom stereocenters. The zero-order chi connectivity index (χ0) is 35.7. The van der Waals surface area contributed by atoms with Crippen LogP contribution in [0.2, 0.25) is 0 Å². The van der Waals surface area contributed by atoms with E-state index in [9.17, 15) is 28.8 Å². The second-order valence-electron chi connectivity index (χ2n) is 12.4. The number of anilines is 2. The third-order valence-electron chi connectivity index (χ3n) is 9.25. The molecule has 6 rings (SSSR count). The Bertz CT molecular complexity index is 1840. The zero-order valence-electron chi connectivity index (χ0n) is 27.9. The highest BCUT2D eigenvalue weighted by atomic mass is 16.2. The summed E-state index contributed by atoms with van der Waals surface area (Å²) in [7, 11) is 0. The fourth-order valence-corrected chi connectivity index (χ4v) is 6.20. The molecule has 2 N–H and O–H groups in total. The van der Waals surface area contributed by atoms with Gasteiger partial charge in [0.2, 0.25) is 23.7 Å². The fraction of sp³-hybridized carbons (Fsp3) is 0.270. The van der Waals surface area contributed by atoms with E-state index in [1.54, 1.807) is 92.7 Å². The number of benzene rings is 3. The number of nitrogens with one attached hydrogen (secondary N) is 2. The SMILES string of the molecule is CCC(C)C(C(=O)Nc1nc(NC(=O)C(C(C)CC)N2C(=O)c3ccccc3C2=O)nc(-c2ccccc2)n1)N1C(=O)c2ccccc2C1=O. The van der Waals surface area contributed by atoms with Crippen LogP contribution in [0.15, 0.2) is 78.9 Å². The molecule has 0 fully saturated rings. The Hall–Kier alpha value is -6.11. The first-order valence-electron chi connectivity index (χ1n) is 16.4. The predicted octanol–water partition coefficient (Wildman–Crippen LogP) is 4.84. The molecule has 4 unspecified atom stereocenters. The van der Waals surface area contributed by atoms with Crippen LogP contribution in [0.3, 0.4) is 0 Å². The molecule has 2 aliphatic rings. The number of carbonyl (C=O) groups is 6. The van der Waals surface area contributed by atoms with Gasteiger partial charge >= 0.3 is 0 Å². The first kappa shape index (κ1) is 33.8. The molecule has 4 aromatic rings. The summed E-state index contributed by atoms with van der Waals surface area (Å²) in [5.41, 5.74) is 1.39. The van der Waals surface area contributed by atoms with E-state index in [1.165, 1.54) is 0 Å². The summed E-state index contributed by atoms with van der Waals surface area (Å²) in [6.07, 6.45) is 0.933. The highest BCUT2D eigenvalue weighted by Gasteiger charge is 2.46. The smallest absolute Gasteiger partial charge is 0.262 e. The number of imide groups is 2.